The molecule has 2 aromatic rings. The normalized spacial score (nSPS) is 10.4. The summed E-state index contributed by atoms with van der Waals surface area (Å²) in [6.45, 7) is 2.12. The van der Waals surface area contributed by atoms with Gasteiger partial charge in [0, 0.05) is 10.6 Å². The molecule has 0 saturated heterocycles. The molecule has 0 radical (unpaired) electrons. The average molecular weight is 225 g/mol. The van der Waals surface area contributed by atoms with Gasteiger partial charge in [0.2, 0.25) is 0 Å². The van der Waals surface area contributed by atoms with Crippen LogP contribution in [0.1, 0.15) is 12.5 Å². The summed E-state index contributed by atoms with van der Waals surface area (Å²) in [6.07, 6.45) is 0.978. The van der Waals surface area contributed by atoms with Crippen molar-refractivity contribution < 1.29 is 0 Å². The van der Waals surface area contributed by atoms with Gasteiger partial charge < -0.3 is 0 Å². The second kappa shape index (κ2) is 4.07. The summed E-state index contributed by atoms with van der Waals surface area (Å²) in [7, 11) is 0. The van der Waals surface area contributed by atoms with Crippen molar-refractivity contribution in [3.63, 3.8) is 0 Å². The third-order valence-corrected chi connectivity index (χ3v) is 3.00. The molecule has 2 rings (SSSR count). The zero-order valence-corrected chi connectivity index (χ0v) is 9.27. The highest BCUT2D eigenvalue weighted by Crippen LogP contribution is 2.28. The van der Waals surface area contributed by atoms with Gasteiger partial charge in [0.05, 0.1) is 0 Å². The predicted molar refractivity (Wildman–Crippen MR) is 59.7 cm³/mol. The second-order valence-electron chi connectivity index (χ2n) is 2.90. The standard InChI is InChI=1S/C10H9ClN2S/c1-2-7-3-4-8(11)5-9(7)10-13-12-6-14-10/h3-6H,2H2,1H3. The first kappa shape index (κ1) is 9.62. The van der Waals surface area contributed by atoms with E-state index in [-0.39, 0.29) is 0 Å². The average Bonchev–Trinajstić information content (AvgIpc) is 2.70. The molecule has 1 aromatic carbocycles. The van der Waals surface area contributed by atoms with Gasteiger partial charge >= 0.3 is 0 Å². The molecule has 0 amide bonds. The lowest BCUT2D eigenvalue weighted by molar-refractivity contribution is 1.08. The zero-order chi connectivity index (χ0) is 9.97. The van der Waals surface area contributed by atoms with Crippen LogP contribution in [0.15, 0.2) is 23.7 Å². The van der Waals surface area contributed by atoms with Crippen LogP contribution in [-0.4, -0.2) is 10.2 Å². The summed E-state index contributed by atoms with van der Waals surface area (Å²) in [6, 6.07) is 5.89. The van der Waals surface area contributed by atoms with Crippen LogP contribution in [0.2, 0.25) is 5.02 Å². The SMILES string of the molecule is CCc1ccc(Cl)cc1-c1nncs1. The van der Waals surface area contributed by atoms with E-state index in [9.17, 15) is 0 Å². The molecule has 0 aliphatic carbocycles. The molecular weight excluding hydrogens is 216 g/mol. The van der Waals surface area contributed by atoms with Crippen LogP contribution in [0.25, 0.3) is 10.6 Å². The lowest BCUT2D eigenvalue weighted by Gasteiger charge is -2.04. The first-order valence-corrected chi connectivity index (χ1v) is 5.62. The molecule has 4 heteroatoms. The quantitative estimate of drug-likeness (QED) is 0.781. The first-order valence-electron chi connectivity index (χ1n) is 4.36. The molecule has 0 spiro atoms. The monoisotopic (exact) mass is 224 g/mol. The molecule has 0 bridgehead atoms. The largest absolute Gasteiger partial charge is 0.147 e. The molecule has 14 heavy (non-hydrogen) atoms. The minimum atomic E-state index is 0.743. The van der Waals surface area contributed by atoms with Crippen LogP contribution < -0.4 is 0 Å². The molecule has 0 atom stereocenters. The van der Waals surface area contributed by atoms with E-state index in [1.54, 1.807) is 5.51 Å². The summed E-state index contributed by atoms with van der Waals surface area (Å²) in [5.74, 6) is 0. The Morgan fingerprint density at radius 2 is 2.29 bits per heavy atom. The Labute approximate surface area is 91.6 Å². The number of aryl methyl sites for hydroxylation is 1. The maximum absolute atomic E-state index is 5.95. The number of nitrogens with zero attached hydrogens (tertiary/aromatic N) is 2. The molecule has 0 aliphatic heterocycles. The third kappa shape index (κ3) is 1.79. The van der Waals surface area contributed by atoms with Gasteiger partial charge in [-0.15, -0.1) is 10.2 Å². The zero-order valence-electron chi connectivity index (χ0n) is 7.70. The van der Waals surface area contributed by atoms with Crippen molar-refractivity contribution in [2.75, 3.05) is 0 Å². The van der Waals surface area contributed by atoms with Crippen molar-refractivity contribution in [2.24, 2.45) is 0 Å². The summed E-state index contributed by atoms with van der Waals surface area (Å²) in [4.78, 5) is 0. The van der Waals surface area contributed by atoms with Gasteiger partial charge in [-0.3, -0.25) is 0 Å². The number of rotatable bonds is 2. The summed E-state index contributed by atoms with van der Waals surface area (Å²) < 4.78 is 0. The van der Waals surface area contributed by atoms with Crippen LogP contribution in [0, 0.1) is 0 Å². The molecular formula is C10H9ClN2S. The molecule has 1 heterocycles. The van der Waals surface area contributed by atoms with Gasteiger partial charge in [-0.2, -0.15) is 0 Å². The highest BCUT2D eigenvalue weighted by Gasteiger charge is 2.07. The number of benzene rings is 1. The maximum atomic E-state index is 5.95. The summed E-state index contributed by atoms with van der Waals surface area (Å²) >= 11 is 7.48. The molecule has 1 aromatic heterocycles. The van der Waals surface area contributed by atoms with Crippen molar-refractivity contribution in [1.82, 2.24) is 10.2 Å². The number of aromatic nitrogens is 2. The van der Waals surface area contributed by atoms with Gasteiger partial charge in [0.15, 0.2) is 0 Å². The Kier molecular flexibility index (Phi) is 2.79. The van der Waals surface area contributed by atoms with Gasteiger partial charge in [-0.1, -0.05) is 35.9 Å². The van der Waals surface area contributed by atoms with Crippen molar-refractivity contribution >= 4 is 22.9 Å². The Balaban J connectivity index is 2.55. The number of hydrogen-bond acceptors (Lipinski definition) is 3. The van der Waals surface area contributed by atoms with E-state index in [0.29, 0.717) is 0 Å². The van der Waals surface area contributed by atoms with Crippen molar-refractivity contribution in [3.8, 4) is 10.6 Å². The fourth-order valence-corrected chi connectivity index (χ4v) is 2.12. The van der Waals surface area contributed by atoms with Gasteiger partial charge in [-0.25, -0.2) is 0 Å². The second-order valence-corrected chi connectivity index (χ2v) is 4.17. The topological polar surface area (TPSA) is 25.8 Å². The van der Waals surface area contributed by atoms with Gasteiger partial charge in [-0.05, 0) is 24.1 Å². The smallest absolute Gasteiger partial charge is 0.147 e. The summed E-state index contributed by atoms with van der Waals surface area (Å²) in [5.41, 5.74) is 4.09. The molecule has 0 N–H and O–H groups in total. The van der Waals surface area contributed by atoms with Crippen LogP contribution >= 0.6 is 22.9 Å². The minimum Gasteiger partial charge on any atom is -0.147 e. The van der Waals surface area contributed by atoms with Crippen molar-refractivity contribution in [2.45, 2.75) is 13.3 Å². The van der Waals surface area contributed by atoms with E-state index in [0.717, 1.165) is 22.0 Å². The van der Waals surface area contributed by atoms with Crippen LogP contribution in [0.3, 0.4) is 0 Å². The Morgan fingerprint density at radius 3 is 2.93 bits per heavy atom. The highest BCUT2D eigenvalue weighted by molar-refractivity contribution is 7.12. The summed E-state index contributed by atoms with van der Waals surface area (Å²) in [5, 5.41) is 9.55. The Hall–Kier alpha value is -0.930. The number of halogens is 1. The molecule has 72 valence electrons. The Bertz CT molecular complexity index is 426. The van der Waals surface area contributed by atoms with Crippen LogP contribution in [0.4, 0.5) is 0 Å². The molecule has 0 unspecified atom stereocenters. The molecule has 0 saturated carbocycles. The van der Waals surface area contributed by atoms with Crippen LogP contribution in [-0.2, 0) is 6.42 Å². The van der Waals surface area contributed by atoms with E-state index >= 15 is 0 Å². The maximum Gasteiger partial charge on any atom is 0.147 e. The van der Waals surface area contributed by atoms with E-state index in [2.05, 4.69) is 17.1 Å². The molecule has 2 nitrogen and oxygen atoms in total. The van der Waals surface area contributed by atoms with Gasteiger partial charge in [0.1, 0.15) is 10.5 Å². The number of hydrogen-bond donors (Lipinski definition) is 0. The minimum absolute atomic E-state index is 0.743. The first-order chi connectivity index (χ1) is 6.81. The van der Waals surface area contributed by atoms with E-state index in [1.165, 1.54) is 16.9 Å². The van der Waals surface area contributed by atoms with Crippen molar-refractivity contribution in [3.05, 3.63) is 34.3 Å². The van der Waals surface area contributed by atoms with E-state index < -0.39 is 0 Å². The predicted octanol–water partition coefficient (Wildman–Crippen LogP) is 3.42. The van der Waals surface area contributed by atoms with E-state index in [4.69, 9.17) is 11.6 Å². The fraction of sp³-hybridized carbons (Fsp3) is 0.200. The van der Waals surface area contributed by atoms with E-state index in [1.807, 2.05) is 18.2 Å². The molecule has 0 fully saturated rings. The lowest BCUT2D eigenvalue weighted by Crippen LogP contribution is -1.87. The molecule has 0 aliphatic rings. The van der Waals surface area contributed by atoms with Crippen molar-refractivity contribution in [1.29, 1.82) is 0 Å². The fourth-order valence-electron chi connectivity index (χ4n) is 1.35. The Morgan fingerprint density at radius 1 is 1.43 bits per heavy atom. The lowest BCUT2D eigenvalue weighted by atomic mass is 10.1. The van der Waals surface area contributed by atoms with Gasteiger partial charge in [0.25, 0.3) is 0 Å². The van der Waals surface area contributed by atoms with Crippen LogP contribution in [0.5, 0.6) is 0 Å². The highest BCUT2D eigenvalue weighted by atomic mass is 35.5. The third-order valence-electron chi connectivity index (χ3n) is 2.04.